The molecule has 0 saturated carbocycles. The molecule has 0 radical (unpaired) electrons. The van der Waals surface area contributed by atoms with Gasteiger partial charge in [-0.2, -0.15) is 0 Å². The fourth-order valence-corrected chi connectivity index (χ4v) is 1.80. The Morgan fingerprint density at radius 3 is 2.09 bits per heavy atom. The summed E-state index contributed by atoms with van der Waals surface area (Å²) >= 11 is 0. The average molecular weight is 323 g/mol. The highest BCUT2D eigenvalue weighted by Gasteiger charge is 2.26. The predicted molar refractivity (Wildman–Crippen MR) is 99.8 cm³/mol. The van der Waals surface area contributed by atoms with Crippen molar-refractivity contribution in [3.8, 4) is 0 Å². The third kappa shape index (κ3) is 8.86. The van der Waals surface area contributed by atoms with Crippen molar-refractivity contribution < 1.29 is 9.59 Å². The standard InChI is InChI=1S/C12H15N3O2.3C2H6/c1-13-8-3-2-4-9(7-8)14-10-5-6-11(16)15-12(10)17;3*1-2/h2-4,7,10,13-14H,5-6H2,1H3,(H,15,16,17);3*1-2H3. The summed E-state index contributed by atoms with van der Waals surface area (Å²) in [6, 6.07) is 7.32. The summed E-state index contributed by atoms with van der Waals surface area (Å²) in [7, 11) is 1.84. The van der Waals surface area contributed by atoms with Gasteiger partial charge in [0.05, 0.1) is 0 Å². The Labute approximate surface area is 141 Å². The van der Waals surface area contributed by atoms with E-state index < -0.39 is 0 Å². The maximum atomic E-state index is 11.6. The van der Waals surface area contributed by atoms with Crippen LogP contribution in [0.3, 0.4) is 0 Å². The van der Waals surface area contributed by atoms with Crippen molar-refractivity contribution in [3.05, 3.63) is 24.3 Å². The second-order valence-electron chi connectivity index (χ2n) is 3.98. The van der Waals surface area contributed by atoms with Gasteiger partial charge in [-0.1, -0.05) is 47.6 Å². The number of hydrogen-bond acceptors (Lipinski definition) is 4. The molecule has 0 bridgehead atoms. The van der Waals surface area contributed by atoms with E-state index >= 15 is 0 Å². The first-order chi connectivity index (χ1) is 11.2. The van der Waals surface area contributed by atoms with Crippen molar-refractivity contribution in [2.24, 2.45) is 0 Å². The zero-order chi connectivity index (χ0) is 18.3. The summed E-state index contributed by atoms with van der Waals surface area (Å²) in [4.78, 5) is 22.6. The summed E-state index contributed by atoms with van der Waals surface area (Å²) in [6.07, 6.45) is 0.920. The molecule has 1 saturated heterocycles. The number of nitrogens with one attached hydrogen (secondary N) is 3. The van der Waals surface area contributed by atoms with Crippen LogP contribution in [0.2, 0.25) is 0 Å². The SMILES string of the molecule is CC.CC.CC.CNc1cccc(NC2CCC(=O)NC2=O)c1. The van der Waals surface area contributed by atoms with Crippen LogP contribution >= 0.6 is 0 Å². The maximum Gasteiger partial charge on any atom is 0.249 e. The number of benzene rings is 1. The van der Waals surface area contributed by atoms with E-state index in [0.717, 1.165) is 11.4 Å². The molecule has 2 rings (SSSR count). The number of amides is 2. The third-order valence-corrected chi connectivity index (χ3v) is 2.73. The van der Waals surface area contributed by atoms with Gasteiger partial charge in [-0.05, 0) is 24.6 Å². The Balaban J connectivity index is 0. The summed E-state index contributed by atoms with van der Waals surface area (Å²) < 4.78 is 0. The fraction of sp³-hybridized carbons (Fsp3) is 0.556. The minimum absolute atomic E-state index is 0.197. The first-order valence-corrected chi connectivity index (χ1v) is 8.57. The van der Waals surface area contributed by atoms with E-state index in [1.165, 1.54) is 0 Å². The summed E-state index contributed by atoms with van der Waals surface area (Å²) in [5.41, 5.74) is 1.84. The molecular formula is C18H33N3O2. The molecule has 1 fully saturated rings. The molecule has 5 heteroatoms. The molecule has 132 valence electrons. The van der Waals surface area contributed by atoms with Gasteiger partial charge >= 0.3 is 0 Å². The third-order valence-electron chi connectivity index (χ3n) is 2.73. The lowest BCUT2D eigenvalue weighted by atomic mass is 10.1. The van der Waals surface area contributed by atoms with Crippen molar-refractivity contribution in [2.45, 2.75) is 60.4 Å². The molecule has 0 spiro atoms. The van der Waals surface area contributed by atoms with E-state index in [-0.39, 0.29) is 17.9 Å². The molecule has 1 aliphatic heterocycles. The highest BCUT2D eigenvalue weighted by Crippen LogP contribution is 2.17. The van der Waals surface area contributed by atoms with Gasteiger partial charge in [0, 0.05) is 24.8 Å². The van der Waals surface area contributed by atoms with E-state index in [0.29, 0.717) is 12.8 Å². The Morgan fingerprint density at radius 2 is 1.57 bits per heavy atom. The minimum atomic E-state index is -0.334. The number of hydrogen-bond donors (Lipinski definition) is 3. The van der Waals surface area contributed by atoms with Gasteiger partial charge < -0.3 is 10.6 Å². The topological polar surface area (TPSA) is 70.2 Å². The first kappa shape index (κ1) is 23.2. The van der Waals surface area contributed by atoms with Gasteiger partial charge in [0.25, 0.3) is 0 Å². The van der Waals surface area contributed by atoms with E-state index in [1.54, 1.807) is 0 Å². The van der Waals surface area contributed by atoms with Crippen LogP contribution < -0.4 is 16.0 Å². The van der Waals surface area contributed by atoms with E-state index in [1.807, 2.05) is 72.9 Å². The number of rotatable bonds is 3. The number of piperidine rings is 1. The van der Waals surface area contributed by atoms with Crippen molar-refractivity contribution >= 4 is 23.2 Å². The average Bonchev–Trinajstić information content (AvgIpc) is 2.63. The van der Waals surface area contributed by atoms with Gasteiger partial charge in [-0.25, -0.2) is 0 Å². The highest BCUT2D eigenvalue weighted by atomic mass is 16.2. The summed E-state index contributed by atoms with van der Waals surface area (Å²) in [6.45, 7) is 12.0. The lowest BCUT2D eigenvalue weighted by molar-refractivity contribution is -0.133. The number of imide groups is 1. The van der Waals surface area contributed by atoms with Crippen LogP contribution in [0.5, 0.6) is 0 Å². The van der Waals surface area contributed by atoms with Crippen molar-refractivity contribution in [1.29, 1.82) is 0 Å². The quantitative estimate of drug-likeness (QED) is 0.735. The molecule has 1 atom stereocenters. The lowest BCUT2D eigenvalue weighted by Crippen LogP contribution is -2.47. The fourth-order valence-electron chi connectivity index (χ4n) is 1.80. The van der Waals surface area contributed by atoms with E-state index in [2.05, 4.69) is 16.0 Å². The van der Waals surface area contributed by atoms with Crippen LogP contribution in [0.4, 0.5) is 11.4 Å². The van der Waals surface area contributed by atoms with Crippen molar-refractivity contribution in [1.82, 2.24) is 5.32 Å². The highest BCUT2D eigenvalue weighted by molar-refractivity contribution is 6.01. The van der Waals surface area contributed by atoms with Crippen LogP contribution in [0.25, 0.3) is 0 Å². The smallest absolute Gasteiger partial charge is 0.249 e. The zero-order valence-electron chi connectivity index (χ0n) is 15.6. The number of carbonyl (C=O) groups excluding carboxylic acids is 2. The van der Waals surface area contributed by atoms with Crippen LogP contribution in [-0.4, -0.2) is 24.9 Å². The normalized spacial score (nSPS) is 15.3. The molecule has 2 amide bonds. The van der Waals surface area contributed by atoms with E-state index in [9.17, 15) is 9.59 Å². The minimum Gasteiger partial charge on any atom is -0.388 e. The molecule has 1 aliphatic rings. The van der Waals surface area contributed by atoms with Gasteiger partial charge in [0.2, 0.25) is 11.8 Å². The molecule has 3 N–H and O–H groups in total. The number of carbonyl (C=O) groups is 2. The summed E-state index contributed by atoms with van der Waals surface area (Å²) in [5, 5.41) is 8.47. The lowest BCUT2D eigenvalue weighted by Gasteiger charge is -2.23. The van der Waals surface area contributed by atoms with Gasteiger partial charge in [-0.3, -0.25) is 14.9 Å². The molecule has 23 heavy (non-hydrogen) atoms. The van der Waals surface area contributed by atoms with Gasteiger partial charge in [0.1, 0.15) is 6.04 Å². The predicted octanol–water partition coefficient (Wildman–Crippen LogP) is 4.02. The van der Waals surface area contributed by atoms with Crippen LogP contribution in [0.15, 0.2) is 24.3 Å². The Hall–Kier alpha value is -2.04. The van der Waals surface area contributed by atoms with Gasteiger partial charge in [-0.15, -0.1) is 0 Å². The van der Waals surface area contributed by atoms with E-state index in [4.69, 9.17) is 0 Å². The Bertz CT molecular complexity index is 448. The Kier molecular flexibility index (Phi) is 15.0. The van der Waals surface area contributed by atoms with Gasteiger partial charge in [0.15, 0.2) is 0 Å². The van der Waals surface area contributed by atoms with Crippen molar-refractivity contribution in [3.63, 3.8) is 0 Å². The van der Waals surface area contributed by atoms with Crippen LogP contribution in [0, 0.1) is 0 Å². The molecule has 1 aromatic rings. The monoisotopic (exact) mass is 323 g/mol. The molecule has 5 nitrogen and oxygen atoms in total. The first-order valence-electron chi connectivity index (χ1n) is 8.57. The summed E-state index contributed by atoms with van der Waals surface area (Å²) in [5.74, 6) is -0.451. The van der Waals surface area contributed by atoms with Crippen LogP contribution in [-0.2, 0) is 9.59 Å². The molecular weight excluding hydrogens is 290 g/mol. The molecule has 0 aromatic heterocycles. The molecule has 1 heterocycles. The molecule has 0 aliphatic carbocycles. The molecule has 1 unspecified atom stereocenters. The van der Waals surface area contributed by atoms with Crippen molar-refractivity contribution in [2.75, 3.05) is 17.7 Å². The zero-order valence-corrected chi connectivity index (χ0v) is 15.6. The molecule has 1 aromatic carbocycles. The second kappa shape index (κ2) is 14.9. The largest absolute Gasteiger partial charge is 0.388 e. The Morgan fingerprint density at radius 1 is 1.00 bits per heavy atom. The number of anilines is 2. The second-order valence-corrected chi connectivity index (χ2v) is 3.98. The van der Waals surface area contributed by atoms with Crippen LogP contribution in [0.1, 0.15) is 54.4 Å². The maximum absolute atomic E-state index is 11.6.